The van der Waals surface area contributed by atoms with Gasteiger partial charge < -0.3 is 20.4 Å². The lowest BCUT2D eigenvalue weighted by atomic mass is 9.83. The van der Waals surface area contributed by atoms with E-state index in [4.69, 9.17) is 0 Å². The summed E-state index contributed by atoms with van der Waals surface area (Å²) in [5.41, 5.74) is 1.63. The average Bonchev–Trinajstić information content (AvgIpc) is 3.63. The molecule has 2 aliphatic carbocycles. The highest BCUT2D eigenvalue weighted by Crippen LogP contribution is 2.39. The third-order valence-corrected chi connectivity index (χ3v) is 7.50. The van der Waals surface area contributed by atoms with Crippen LogP contribution in [0.5, 0.6) is 0 Å². The smallest absolute Gasteiger partial charge is 0.272 e. The topological polar surface area (TPSA) is 99.6 Å². The molecule has 0 radical (unpaired) electrons. The Bertz CT molecular complexity index is 866. The van der Waals surface area contributed by atoms with E-state index in [0.717, 1.165) is 44.2 Å². The minimum absolute atomic E-state index is 0.0118. The fraction of sp³-hybridized carbons (Fsp3) is 0.750. The maximum Gasteiger partial charge on any atom is 0.272 e. The summed E-state index contributed by atoms with van der Waals surface area (Å²) in [6.07, 6.45) is 7.62. The van der Waals surface area contributed by atoms with Gasteiger partial charge in [-0.05, 0) is 51.6 Å². The van der Waals surface area contributed by atoms with Gasteiger partial charge in [0.05, 0.1) is 11.7 Å². The Morgan fingerprint density at radius 3 is 2.24 bits per heavy atom. The number of nitrogens with one attached hydrogen (secondary N) is 2. The van der Waals surface area contributed by atoms with Gasteiger partial charge in [-0.25, -0.2) is 0 Å². The molecule has 33 heavy (non-hydrogen) atoms. The molecule has 3 fully saturated rings. The van der Waals surface area contributed by atoms with E-state index in [0.29, 0.717) is 37.8 Å². The summed E-state index contributed by atoms with van der Waals surface area (Å²) >= 11 is 0. The molecular formula is C24H38N6O3. The van der Waals surface area contributed by atoms with Crippen LogP contribution in [0.15, 0.2) is 6.07 Å². The number of piperazine rings is 1. The molecule has 9 heteroatoms. The monoisotopic (exact) mass is 458 g/mol. The van der Waals surface area contributed by atoms with Gasteiger partial charge in [0.1, 0.15) is 11.7 Å². The summed E-state index contributed by atoms with van der Waals surface area (Å²) in [5.74, 6) is 0.503. The van der Waals surface area contributed by atoms with E-state index >= 15 is 0 Å². The Kier molecular flexibility index (Phi) is 7.36. The lowest BCUT2D eigenvalue weighted by molar-refractivity contribution is -0.140. The van der Waals surface area contributed by atoms with Gasteiger partial charge in [0.15, 0.2) is 0 Å². The van der Waals surface area contributed by atoms with Crippen LogP contribution in [0, 0.1) is 5.92 Å². The molecule has 2 unspecified atom stereocenters. The Morgan fingerprint density at radius 2 is 1.64 bits per heavy atom. The number of amides is 3. The second-order valence-electron chi connectivity index (χ2n) is 9.86. The van der Waals surface area contributed by atoms with E-state index in [-0.39, 0.29) is 29.7 Å². The molecule has 4 rings (SSSR count). The van der Waals surface area contributed by atoms with Gasteiger partial charge in [-0.2, -0.15) is 5.10 Å². The van der Waals surface area contributed by atoms with Crippen LogP contribution in [-0.2, 0) is 16.6 Å². The van der Waals surface area contributed by atoms with Gasteiger partial charge >= 0.3 is 0 Å². The number of hydrogen-bond acceptors (Lipinski definition) is 5. The second kappa shape index (κ2) is 10.2. The van der Waals surface area contributed by atoms with Crippen LogP contribution >= 0.6 is 0 Å². The van der Waals surface area contributed by atoms with Crippen molar-refractivity contribution in [1.29, 1.82) is 0 Å². The minimum Gasteiger partial charge on any atom is -0.343 e. The van der Waals surface area contributed by atoms with Crippen molar-refractivity contribution in [2.75, 3.05) is 33.2 Å². The second-order valence-corrected chi connectivity index (χ2v) is 9.86. The van der Waals surface area contributed by atoms with Crippen LogP contribution in [0.3, 0.4) is 0 Å². The molecule has 2 atom stereocenters. The van der Waals surface area contributed by atoms with Gasteiger partial charge in [0, 0.05) is 39.1 Å². The first-order valence-corrected chi connectivity index (χ1v) is 12.5. The fourth-order valence-corrected chi connectivity index (χ4v) is 5.01. The van der Waals surface area contributed by atoms with Crippen molar-refractivity contribution in [3.05, 3.63) is 17.5 Å². The predicted octanol–water partition coefficient (Wildman–Crippen LogP) is 1.25. The first kappa shape index (κ1) is 23.7. The SMILES string of the molecule is CNC(C)C(=O)NC(C(=O)N1CCN(C(=O)c2cc(C3CC3)nn2C)CC1)C1CCCCC1. The van der Waals surface area contributed by atoms with Gasteiger partial charge in [-0.1, -0.05) is 19.3 Å². The summed E-state index contributed by atoms with van der Waals surface area (Å²) in [7, 11) is 3.57. The number of carbonyl (C=O) groups excluding carboxylic acids is 3. The quantitative estimate of drug-likeness (QED) is 0.641. The zero-order valence-corrected chi connectivity index (χ0v) is 20.2. The van der Waals surface area contributed by atoms with Crippen molar-refractivity contribution in [3.8, 4) is 0 Å². The number of likely N-dealkylation sites (N-methyl/N-ethyl adjacent to an activating group) is 1. The summed E-state index contributed by atoms with van der Waals surface area (Å²) in [5, 5.41) is 10.5. The largest absolute Gasteiger partial charge is 0.343 e. The van der Waals surface area contributed by atoms with E-state index in [1.54, 1.807) is 18.7 Å². The summed E-state index contributed by atoms with van der Waals surface area (Å²) in [6, 6.07) is 1.08. The predicted molar refractivity (Wildman–Crippen MR) is 125 cm³/mol. The maximum absolute atomic E-state index is 13.5. The van der Waals surface area contributed by atoms with E-state index in [1.807, 2.05) is 22.9 Å². The zero-order chi connectivity index (χ0) is 23.5. The first-order chi connectivity index (χ1) is 15.9. The first-order valence-electron chi connectivity index (χ1n) is 12.5. The van der Waals surface area contributed by atoms with E-state index in [9.17, 15) is 14.4 Å². The van der Waals surface area contributed by atoms with Crippen LogP contribution < -0.4 is 10.6 Å². The third kappa shape index (κ3) is 5.39. The fourth-order valence-electron chi connectivity index (χ4n) is 5.01. The number of aromatic nitrogens is 2. The number of rotatable bonds is 7. The maximum atomic E-state index is 13.5. The molecule has 1 saturated heterocycles. The van der Waals surface area contributed by atoms with Crippen LogP contribution in [-0.4, -0.2) is 82.6 Å². The Hall–Kier alpha value is -2.42. The molecule has 3 aliphatic rings. The van der Waals surface area contributed by atoms with Gasteiger partial charge in [-0.15, -0.1) is 0 Å². The van der Waals surface area contributed by atoms with Crippen molar-refractivity contribution < 1.29 is 14.4 Å². The molecule has 0 aromatic carbocycles. The van der Waals surface area contributed by atoms with Crippen molar-refractivity contribution in [1.82, 2.24) is 30.2 Å². The molecule has 1 aromatic rings. The molecule has 9 nitrogen and oxygen atoms in total. The van der Waals surface area contributed by atoms with Gasteiger partial charge in [0.2, 0.25) is 11.8 Å². The molecule has 2 saturated carbocycles. The highest BCUT2D eigenvalue weighted by Gasteiger charge is 2.36. The van der Waals surface area contributed by atoms with E-state index in [2.05, 4.69) is 15.7 Å². The van der Waals surface area contributed by atoms with Gasteiger partial charge in [0.25, 0.3) is 5.91 Å². The standard InChI is InChI=1S/C24H38N6O3/c1-16(25-2)22(31)26-21(18-7-5-4-6-8-18)24(33)30-13-11-29(12-14-30)23(32)20-15-19(17-9-10-17)27-28(20)3/h15-18,21,25H,4-14H2,1-3H3,(H,26,31). The number of hydrogen-bond donors (Lipinski definition) is 2. The summed E-state index contributed by atoms with van der Waals surface area (Å²) < 4.78 is 1.69. The Balaban J connectivity index is 1.38. The minimum atomic E-state index is -0.492. The van der Waals surface area contributed by atoms with Crippen LogP contribution in [0.1, 0.15) is 74.0 Å². The normalized spacial score (nSPS) is 21.5. The summed E-state index contributed by atoms with van der Waals surface area (Å²) in [6.45, 7) is 3.76. The highest BCUT2D eigenvalue weighted by atomic mass is 16.2. The van der Waals surface area contributed by atoms with Crippen LogP contribution in [0.4, 0.5) is 0 Å². The lowest BCUT2D eigenvalue weighted by Crippen LogP contribution is -2.59. The molecule has 0 bridgehead atoms. The molecule has 2 N–H and O–H groups in total. The Morgan fingerprint density at radius 1 is 1.00 bits per heavy atom. The lowest BCUT2D eigenvalue weighted by Gasteiger charge is -2.39. The van der Waals surface area contributed by atoms with Crippen LogP contribution in [0.25, 0.3) is 0 Å². The van der Waals surface area contributed by atoms with Crippen molar-refractivity contribution in [2.24, 2.45) is 13.0 Å². The summed E-state index contributed by atoms with van der Waals surface area (Å²) in [4.78, 5) is 42.8. The molecule has 1 aromatic heterocycles. The molecule has 182 valence electrons. The molecule has 3 amide bonds. The van der Waals surface area contributed by atoms with Crippen molar-refractivity contribution in [3.63, 3.8) is 0 Å². The molecule has 2 heterocycles. The molecular weight excluding hydrogens is 420 g/mol. The number of carbonyl (C=O) groups is 3. The third-order valence-electron chi connectivity index (χ3n) is 7.50. The van der Waals surface area contributed by atoms with Gasteiger partial charge in [-0.3, -0.25) is 19.1 Å². The number of aryl methyl sites for hydroxylation is 1. The molecule has 0 spiro atoms. The molecule has 1 aliphatic heterocycles. The Labute approximate surface area is 196 Å². The van der Waals surface area contributed by atoms with Crippen molar-refractivity contribution >= 4 is 17.7 Å². The zero-order valence-electron chi connectivity index (χ0n) is 20.2. The highest BCUT2D eigenvalue weighted by molar-refractivity contribution is 5.93. The van der Waals surface area contributed by atoms with E-state index < -0.39 is 6.04 Å². The van der Waals surface area contributed by atoms with Crippen LogP contribution in [0.2, 0.25) is 0 Å². The van der Waals surface area contributed by atoms with Crippen molar-refractivity contribution in [2.45, 2.75) is 69.9 Å². The average molecular weight is 459 g/mol. The number of nitrogens with zero attached hydrogens (tertiary/aromatic N) is 4. The van der Waals surface area contributed by atoms with E-state index in [1.165, 1.54) is 6.42 Å².